The van der Waals surface area contributed by atoms with Crippen LogP contribution in [0.1, 0.15) is 42.9 Å². The Labute approximate surface area is 179 Å². The summed E-state index contributed by atoms with van der Waals surface area (Å²) in [6, 6.07) is 12.0. The normalized spacial score (nSPS) is 16.1. The van der Waals surface area contributed by atoms with Crippen molar-refractivity contribution < 1.29 is 27.5 Å². The van der Waals surface area contributed by atoms with E-state index in [-0.39, 0.29) is 25.2 Å². The molecule has 0 spiro atoms. The topological polar surface area (TPSA) is 116 Å². The largest absolute Gasteiger partial charge is 0.481 e. The van der Waals surface area contributed by atoms with E-state index in [9.17, 15) is 22.4 Å². The molecule has 0 aromatic heterocycles. The van der Waals surface area contributed by atoms with Gasteiger partial charge in [-0.25, -0.2) is 17.8 Å². The summed E-state index contributed by atoms with van der Waals surface area (Å²) in [4.78, 5) is 23.5. The summed E-state index contributed by atoms with van der Waals surface area (Å²) < 4.78 is 38.9. The van der Waals surface area contributed by atoms with E-state index >= 15 is 0 Å². The van der Waals surface area contributed by atoms with Gasteiger partial charge in [-0.05, 0) is 41.8 Å². The lowest BCUT2D eigenvalue weighted by Gasteiger charge is -2.22. The van der Waals surface area contributed by atoms with Gasteiger partial charge in [0.05, 0.1) is 18.0 Å². The Morgan fingerprint density at radius 1 is 1.19 bits per heavy atom. The number of nitrogens with one attached hydrogen (secondary N) is 1. The molecular weight excluding hydrogens is 425 g/mol. The van der Waals surface area contributed by atoms with Gasteiger partial charge in [0.2, 0.25) is 15.9 Å². The average molecular weight is 447 g/mol. The van der Waals surface area contributed by atoms with Gasteiger partial charge in [0.25, 0.3) is 0 Å². The summed E-state index contributed by atoms with van der Waals surface area (Å²) in [6.45, 7) is 0. The maximum Gasteiger partial charge on any atom is 0.303 e. The number of amides is 1. The predicted octanol–water partition coefficient (Wildman–Crippen LogP) is 3.13. The zero-order chi connectivity index (χ0) is 22.6. The molecule has 10 heteroatoms. The number of hydrogen-bond donors (Lipinski definition) is 2. The van der Waals surface area contributed by atoms with Crippen LogP contribution in [0.2, 0.25) is 0 Å². The smallest absolute Gasteiger partial charge is 0.303 e. The first-order valence-electron chi connectivity index (χ1n) is 9.57. The fourth-order valence-corrected chi connectivity index (χ4v) is 3.90. The Hall–Kier alpha value is -3.27. The van der Waals surface area contributed by atoms with Crippen LogP contribution in [0.4, 0.5) is 10.1 Å². The average Bonchev–Trinajstić information content (AvgIpc) is 3.12. The van der Waals surface area contributed by atoms with E-state index in [0.717, 1.165) is 6.26 Å². The summed E-state index contributed by atoms with van der Waals surface area (Å²) in [5.74, 6) is -1.76. The molecule has 0 bridgehead atoms. The van der Waals surface area contributed by atoms with Crippen LogP contribution in [-0.2, 0) is 19.6 Å². The number of aliphatic carboxylic acids is 1. The highest BCUT2D eigenvalue weighted by molar-refractivity contribution is 7.92. The Morgan fingerprint density at radius 2 is 1.90 bits per heavy atom. The van der Waals surface area contributed by atoms with Crippen LogP contribution in [0.25, 0.3) is 0 Å². The van der Waals surface area contributed by atoms with Crippen molar-refractivity contribution in [1.82, 2.24) is 5.01 Å². The van der Waals surface area contributed by atoms with Crippen LogP contribution in [0, 0.1) is 5.82 Å². The lowest BCUT2D eigenvalue weighted by Crippen LogP contribution is -2.27. The van der Waals surface area contributed by atoms with Crippen LogP contribution in [0.5, 0.6) is 0 Å². The maximum absolute atomic E-state index is 13.8. The van der Waals surface area contributed by atoms with Crippen LogP contribution in [0.15, 0.2) is 53.6 Å². The first-order chi connectivity index (χ1) is 14.6. The quantitative estimate of drug-likeness (QED) is 0.645. The molecule has 1 aliphatic rings. The van der Waals surface area contributed by atoms with Crippen molar-refractivity contribution in [2.45, 2.75) is 31.7 Å². The van der Waals surface area contributed by atoms with Crippen LogP contribution < -0.4 is 4.72 Å². The van der Waals surface area contributed by atoms with E-state index in [1.807, 2.05) is 0 Å². The molecule has 1 atom stereocenters. The van der Waals surface area contributed by atoms with Gasteiger partial charge in [-0.3, -0.25) is 14.3 Å². The zero-order valence-corrected chi connectivity index (χ0v) is 17.6. The second-order valence-corrected chi connectivity index (χ2v) is 9.01. The minimum atomic E-state index is -3.40. The van der Waals surface area contributed by atoms with Gasteiger partial charge in [-0.2, -0.15) is 5.10 Å². The number of rotatable bonds is 8. The Bertz CT molecular complexity index is 1120. The minimum absolute atomic E-state index is 0.00606. The zero-order valence-electron chi connectivity index (χ0n) is 16.8. The van der Waals surface area contributed by atoms with Gasteiger partial charge in [0, 0.05) is 24.9 Å². The molecule has 1 heterocycles. The molecular formula is C21H22FN3O5S. The molecule has 1 amide bonds. The number of nitrogens with zero attached hydrogens (tertiary/aromatic N) is 2. The first kappa shape index (κ1) is 22.4. The fourth-order valence-electron chi connectivity index (χ4n) is 3.34. The number of carboxylic acid groups (broad SMARTS) is 1. The molecule has 1 aliphatic heterocycles. The monoisotopic (exact) mass is 447 g/mol. The molecule has 0 aliphatic carbocycles. The number of anilines is 1. The lowest BCUT2D eigenvalue weighted by atomic mass is 9.98. The van der Waals surface area contributed by atoms with E-state index in [4.69, 9.17) is 5.11 Å². The number of carboxylic acids is 1. The highest BCUT2D eigenvalue weighted by Crippen LogP contribution is 2.34. The molecule has 3 rings (SSSR count). The molecule has 2 aromatic rings. The molecule has 2 N–H and O–H groups in total. The second-order valence-electron chi connectivity index (χ2n) is 7.26. The Morgan fingerprint density at radius 3 is 2.52 bits per heavy atom. The first-order valence-corrected chi connectivity index (χ1v) is 11.5. The van der Waals surface area contributed by atoms with Crippen molar-refractivity contribution in [2.75, 3.05) is 11.0 Å². The standard InChI is InChI=1S/C21H22FN3O5S/c1-31(29,30)24-17-10-8-14(9-11-17)18-13-19(15-4-2-5-16(22)12-15)25(23-18)20(26)6-3-7-21(27)28/h2,4-5,8-12,19,24H,3,6-7,13H2,1H3,(H,27,28). The van der Waals surface area contributed by atoms with Crippen molar-refractivity contribution in [1.29, 1.82) is 0 Å². The van der Waals surface area contributed by atoms with Gasteiger partial charge in [0.1, 0.15) is 5.82 Å². The van der Waals surface area contributed by atoms with Gasteiger partial charge < -0.3 is 5.11 Å². The highest BCUT2D eigenvalue weighted by Gasteiger charge is 2.33. The molecule has 0 fully saturated rings. The molecule has 31 heavy (non-hydrogen) atoms. The molecule has 1 unspecified atom stereocenters. The SMILES string of the molecule is CS(=O)(=O)Nc1ccc(C2=NN(C(=O)CCCC(=O)O)C(c3cccc(F)c3)C2)cc1. The van der Waals surface area contributed by atoms with Crippen molar-refractivity contribution in [3.8, 4) is 0 Å². The summed E-state index contributed by atoms with van der Waals surface area (Å²) in [6.07, 6.45) is 1.45. The van der Waals surface area contributed by atoms with Crippen LogP contribution >= 0.6 is 0 Å². The molecule has 2 aromatic carbocycles. The molecule has 164 valence electrons. The van der Waals surface area contributed by atoms with E-state index < -0.39 is 27.9 Å². The Balaban J connectivity index is 1.85. The number of sulfonamides is 1. The van der Waals surface area contributed by atoms with Gasteiger partial charge >= 0.3 is 5.97 Å². The molecule has 0 saturated heterocycles. The predicted molar refractivity (Wildman–Crippen MR) is 114 cm³/mol. The van der Waals surface area contributed by atoms with Gasteiger partial charge in [-0.15, -0.1) is 0 Å². The fraction of sp³-hybridized carbons (Fsp3) is 0.286. The van der Waals surface area contributed by atoms with E-state index in [1.165, 1.54) is 17.1 Å². The molecule has 8 nitrogen and oxygen atoms in total. The van der Waals surface area contributed by atoms with Crippen LogP contribution in [0.3, 0.4) is 0 Å². The number of carbonyl (C=O) groups is 2. The summed E-state index contributed by atoms with van der Waals surface area (Å²) >= 11 is 0. The molecule has 0 saturated carbocycles. The van der Waals surface area contributed by atoms with E-state index in [1.54, 1.807) is 36.4 Å². The second kappa shape index (κ2) is 9.25. The Kier molecular flexibility index (Phi) is 6.69. The van der Waals surface area contributed by atoms with Gasteiger partial charge in [0.15, 0.2) is 0 Å². The van der Waals surface area contributed by atoms with Crippen molar-refractivity contribution in [2.24, 2.45) is 5.10 Å². The van der Waals surface area contributed by atoms with Crippen LogP contribution in [-0.4, -0.2) is 42.4 Å². The third-order valence-corrected chi connectivity index (χ3v) is 5.31. The van der Waals surface area contributed by atoms with Crippen molar-refractivity contribution >= 4 is 33.3 Å². The molecule has 0 radical (unpaired) electrons. The van der Waals surface area contributed by atoms with Gasteiger partial charge in [-0.1, -0.05) is 24.3 Å². The van der Waals surface area contributed by atoms with Crippen molar-refractivity contribution in [3.63, 3.8) is 0 Å². The highest BCUT2D eigenvalue weighted by atomic mass is 32.2. The number of halogens is 1. The number of hydrogen-bond acceptors (Lipinski definition) is 5. The number of benzene rings is 2. The third kappa shape index (κ3) is 6.11. The number of carbonyl (C=O) groups excluding carboxylic acids is 1. The van der Waals surface area contributed by atoms with E-state index in [2.05, 4.69) is 9.82 Å². The lowest BCUT2D eigenvalue weighted by molar-refractivity contribution is -0.137. The summed E-state index contributed by atoms with van der Waals surface area (Å²) in [5, 5.41) is 14.5. The minimum Gasteiger partial charge on any atom is -0.481 e. The van der Waals surface area contributed by atoms with Crippen molar-refractivity contribution in [3.05, 3.63) is 65.5 Å². The maximum atomic E-state index is 13.8. The van der Waals surface area contributed by atoms with E-state index in [0.29, 0.717) is 28.9 Å². The summed E-state index contributed by atoms with van der Waals surface area (Å²) in [7, 11) is -3.40. The third-order valence-electron chi connectivity index (χ3n) is 4.70. The summed E-state index contributed by atoms with van der Waals surface area (Å²) in [5.41, 5.74) is 2.27. The number of hydrazone groups is 1.